The molecule has 0 saturated heterocycles. The van der Waals surface area contributed by atoms with E-state index < -0.39 is 0 Å². The zero-order valence-corrected chi connectivity index (χ0v) is 21.2. The molecular formula is C26H41BO2PS. The molecular weight excluding hydrogens is 418 g/mol. The van der Waals surface area contributed by atoms with Crippen LogP contribution < -0.4 is 0 Å². The predicted octanol–water partition coefficient (Wildman–Crippen LogP) is 8.63. The van der Waals surface area contributed by atoms with Gasteiger partial charge in [-0.3, -0.25) is 4.79 Å². The normalized spacial score (nSPS) is 21.2. The van der Waals surface area contributed by atoms with E-state index in [0.29, 0.717) is 7.92 Å². The van der Waals surface area contributed by atoms with Gasteiger partial charge < -0.3 is 4.74 Å². The molecule has 0 heterocycles. The Labute approximate surface area is 197 Å². The number of carbonyl (C=O) groups is 1. The zero-order valence-electron chi connectivity index (χ0n) is 19.5. The molecule has 4 rings (SSSR count). The van der Waals surface area contributed by atoms with Crippen molar-refractivity contribution in [1.82, 2.24) is 0 Å². The average Bonchev–Trinajstić information content (AvgIpc) is 2.86. The molecule has 0 spiro atoms. The lowest BCUT2D eigenvalue weighted by molar-refractivity contribution is 0.198. The lowest BCUT2D eigenvalue weighted by Crippen LogP contribution is -2.28. The van der Waals surface area contributed by atoms with Crippen LogP contribution in [0.1, 0.15) is 96.3 Å². The Bertz CT molecular complexity index is 568. The Balaban J connectivity index is 0.000000196. The van der Waals surface area contributed by atoms with Gasteiger partial charge in [-0.2, -0.15) is 11.6 Å². The number of hydrogen-bond donors (Lipinski definition) is 0. The number of rotatable bonds is 6. The summed E-state index contributed by atoms with van der Waals surface area (Å²) in [5.41, 5.74) is 3.57. The van der Waals surface area contributed by atoms with Crippen molar-refractivity contribution in [2.24, 2.45) is 0 Å². The van der Waals surface area contributed by atoms with Crippen molar-refractivity contribution < 1.29 is 9.53 Å². The third-order valence-electron chi connectivity index (χ3n) is 7.22. The van der Waals surface area contributed by atoms with Crippen molar-refractivity contribution in [3.8, 4) is 0 Å². The molecule has 0 N–H and O–H groups in total. The van der Waals surface area contributed by atoms with Crippen molar-refractivity contribution in [2.75, 3.05) is 7.11 Å². The molecule has 5 heteroatoms. The molecule has 3 aliphatic rings. The van der Waals surface area contributed by atoms with Crippen LogP contribution in [0.25, 0.3) is 0 Å². The molecule has 1 aromatic rings. The van der Waals surface area contributed by atoms with Crippen LogP contribution in [0.15, 0.2) is 35.2 Å². The lowest BCUT2D eigenvalue weighted by atomic mass is 9.99. The number of carbonyl (C=O) groups excluding carboxylic acids is 1. The van der Waals surface area contributed by atoms with E-state index in [4.69, 9.17) is 0 Å². The van der Waals surface area contributed by atoms with E-state index in [1.54, 1.807) is 77.0 Å². The molecule has 0 aromatic heterocycles. The van der Waals surface area contributed by atoms with Crippen LogP contribution in [0.2, 0.25) is 0 Å². The summed E-state index contributed by atoms with van der Waals surface area (Å²) < 4.78 is 4.46. The lowest BCUT2D eigenvalue weighted by Gasteiger charge is -2.44. The van der Waals surface area contributed by atoms with Gasteiger partial charge in [0.15, 0.2) is 0 Å². The topological polar surface area (TPSA) is 26.3 Å². The molecule has 1 radical (unpaired) electrons. The van der Waals surface area contributed by atoms with Crippen LogP contribution >= 0.6 is 19.5 Å². The molecule has 0 unspecified atom stereocenters. The molecule has 1 aromatic carbocycles. The highest BCUT2D eigenvalue weighted by Gasteiger charge is 2.36. The number of ether oxygens (including phenoxy) is 1. The molecule has 3 saturated carbocycles. The SMILES string of the molecule is C1CCC(P(C2CCCCC2)C2CCCCC2)CC1.COC(=O)[B]Sc1ccccc1. The summed E-state index contributed by atoms with van der Waals surface area (Å²) in [6.45, 7) is 1.44. The summed E-state index contributed by atoms with van der Waals surface area (Å²) in [6.07, 6.45) is 23.6. The van der Waals surface area contributed by atoms with Crippen molar-refractivity contribution >= 4 is 32.0 Å². The highest BCUT2D eigenvalue weighted by molar-refractivity contribution is 8.24. The average molecular weight is 459 g/mol. The largest absolute Gasteiger partial charge is 0.477 e. The van der Waals surface area contributed by atoms with Gasteiger partial charge in [0.2, 0.25) is 0 Å². The summed E-state index contributed by atoms with van der Waals surface area (Å²) in [5, 5.41) is 0. The van der Waals surface area contributed by atoms with Crippen LogP contribution in [0.3, 0.4) is 0 Å². The fraction of sp³-hybridized carbons (Fsp3) is 0.731. The minimum Gasteiger partial charge on any atom is -0.477 e. The number of benzene rings is 1. The first-order valence-corrected chi connectivity index (χ1v) is 15.1. The second-order valence-electron chi connectivity index (χ2n) is 9.39. The molecule has 3 aliphatic carbocycles. The van der Waals surface area contributed by atoms with E-state index in [1.807, 2.05) is 30.3 Å². The first-order chi connectivity index (χ1) is 15.3. The summed E-state index contributed by atoms with van der Waals surface area (Å²) in [4.78, 5) is 11.7. The third-order valence-corrected chi connectivity index (χ3v) is 12.2. The fourth-order valence-corrected chi connectivity index (χ4v) is 11.0. The smallest absolute Gasteiger partial charge is 0.343 e. The number of hydrogen-bond acceptors (Lipinski definition) is 3. The van der Waals surface area contributed by atoms with E-state index in [0.717, 1.165) is 4.90 Å². The summed E-state index contributed by atoms with van der Waals surface area (Å²) in [7, 11) is 1.75. The van der Waals surface area contributed by atoms with Gasteiger partial charge in [0.1, 0.15) is 0 Å². The highest BCUT2D eigenvalue weighted by atomic mass is 32.2. The van der Waals surface area contributed by atoms with Crippen molar-refractivity contribution in [3.63, 3.8) is 0 Å². The van der Waals surface area contributed by atoms with Crippen molar-refractivity contribution in [1.29, 1.82) is 0 Å². The second kappa shape index (κ2) is 14.6. The van der Waals surface area contributed by atoms with Crippen LogP contribution in [-0.2, 0) is 4.74 Å². The maximum absolute atomic E-state index is 10.7. The van der Waals surface area contributed by atoms with Gasteiger partial charge in [0.05, 0.1) is 7.11 Å². The molecule has 0 bridgehead atoms. The standard InChI is InChI=1S/C18H33P.C8H8BO2S/c1-4-10-16(11-5-1)19(17-12-6-2-7-13-17)18-14-8-3-9-15-18;1-11-8(10)9-12-7-5-3-2-4-6-7/h16-18H,1-15H2;2-6H,1H3. The van der Waals surface area contributed by atoms with Crippen LogP contribution in [0.4, 0.5) is 4.79 Å². The summed E-state index contributed by atoms with van der Waals surface area (Å²) in [6, 6.07) is 9.65. The molecule has 31 heavy (non-hydrogen) atoms. The van der Waals surface area contributed by atoms with Crippen molar-refractivity contribution in [2.45, 2.75) is 118 Å². The van der Waals surface area contributed by atoms with E-state index in [9.17, 15) is 4.79 Å². The molecule has 0 amide bonds. The van der Waals surface area contributed by atoms with Crippen molar-refractivity contribution in [3.05, 3.63) is 30.3 Å². The highest BCUT2D eigenvalue weighted by Crippen LogP contribution is 2.61. The monoisotopic (exact) mass is 459 g/mol. The van der Waals surface area contributed by atoms with Gasteiger partial charge in [-0.05, 0) is 72.5 Å². The minimum absolute atomic E-state index is 0.316. The Morgan fingerprint density at radius 3 is 1.58 bits per heavy atom. The van der Waals surface area contributed by atoms with E-state index in [2.05, 4.69) is 4.74 Å². The molecule has 171 valence electrons. The number of methoxy groups -OCH3 is 1. The first kappa shape index (κ1) is 25.2. The predicted molar refractivity (Wildman–Crippen MR) is 138 cm³/mol. The third kappa shape index (κ3) is 8.77. The first-order valence-electron chi connectivity index (χ1n) is 12.7. The molecule has 2 nitrogen and oxygen atoms in total. The summed E-state index contributed by atoms with van der Waals surface area (Å²) in [5.74, 6) is -0.316. The van der Waals surface area contributed by atoms with E-state index in [-0.39, 0.29) is 5.87 Å². The van der Waals surface area contributed by atoms with Gasteiger partial charge in [0, 0.05) is 0 Å². The molecule has 0 atom stereocenters. The Morgan fingerprint density at radius 2 is 1.19 bits per heavy atom. The quantitative estimate of drug-likeness (QED) is 0.315. The zero-order chi connectivity index (χ0) is 21.7. The van der Waals surface area contributed by atoms with Gasteiger partial charge >= 0.3 is 6.56 Å². The van der Waals surface area contributed by atoms with E-state index >= 15 is 0 Å². The Morgan fingerprint density at radius 1 is 0.774 bits per heavy atom. The summed E-state index contributed by atoms with van der Waals surface area (Å²) >= 11 is 1.35. The van der Waals surface area contributed by atoms with Crippen LogP contribution in [-0.4, -0.2) is 36.5 Å². The minimum atomic E-state index is -0.316. The maximum atomic E-state index is 10.7. The second-order valence-corrected chi connectivity index (χ2v) is 13.4. The van der Waals surface area contributed by atoms with Gasteiger partial charge in [-0.25, -0.2) is 0 Å². The van der Waals surface area contributed by atoms with Crippen LogP contribution in [0.5, 0.6) is 0 Å². The fourth-order valence-electron chi connectivity index (χ4n) is 5.70. The molecule has 0 aliphatic heterocycles. The maximum Gasteiger partial charge on any atom is 0.343 e. The van der Waals surface area contributed by atoms with Gasteiger partial charge in [0.25, 0.3) is 5.87 Å². The van der Waals surface area contributed by atoms with Crippen LogP contribution in [0, 0.1) is 0 Å². The van der Waals surface area contributed by atoms with E-state index in [1.165, 1.54) is 61.5 Å². The molecule has 3 fully saturated rings. The Hall–Kier alpha value is -0.465. The van der Waals surface area contributed by atoms with Gasteiger partial charge in [-0.1, -0.05) is 83.9 Å². The Kier molecular flexibility index (Phi) is 11.9. The van der Waals surface area contributed by atoms with Gasteiger partial charge in [-0.15, -0.1) is 0 Å².